The Morgan fingerprint density at radius 2 is 1.93 bits per heavy atom. The molecule has 1 fully saturated rings. The Morgan fingerprint density at radius 1 is 1.17 bits per heavy atom. The normalized spacial score (nSPS) is 16.7. The molecule has 2 aliphatic heterocycles. The molecule has 1 saturated heterocycles. The third-order valence-electron chi connectivity index (χ3n) is 8.45. The maximum atomic E-state index is 13.6. The number of aryl methyl sites for hydroxylation is 1. The summed E-state index contributed by atoms with van der Waals surface area (Å²) in [4.78, 5) is 20.5. The van der Waals surface area contributed by atoms with Crippen LogP contribution in [0.2, 0.25) is 5.02 Å². The van der Waals surface area contributed by atoms with Gasteiger partial charge in [-0.1, -0.05) is 31.5 Å². The van der Waals surface area contributed by atoms with E-state index >= 15 is 0 Å². The number of rotatable bonds is 5. The molecule has 10 heteroatoms. The molecule has 4 heterocycles. The van der Waals surface area contributed by atoms with Gasteiger partial charge in [0.1, 0.15) is 5.58 Å². The zero-order chi connectivity index (χ0) is 29.8. The number of oxime groups is 1. The molecule has 0 saturated carbocycles. The summed E-state index contributed by atoms with van der Waals surface area (Å²) in [5, 5.41) is 18.5. The zero-order valence-corrected chi connectivity index (χ0v) is 25.2. The van der Waals surface area contributed by atoms with Crippen LogP contribution in [-0.2, 0) is 4.76 Å². The van der Waals surface area contributed by atoms with E-state index in [1.807, 2.05) is 45.0 Å². The number of benzene rings is 2. The van der Waals surface area contributed by atoms with Gasteiger partial charge >= 0.3 is 7.12 Å². The minimum atomic E-state index is -1.22. The molecule has 1 atom stereocenters. The second kappa shape index (κ2) is 10.8. The fourth-order valence-electron chi connectivity index (χ4n) is 5.90. The summed E-state index contributed by atoms with van der Waals surface area (Å²) in [6.07, 6.45) is 5.34. The molecule has 6 rings (SSSR count). The maximum Gasteiger partial charge on any atom is 0.585 e. The van der Waals surface area contributed by atoms with E-state index in [0.717, 1.165) is 48.3 Å². The number of pyridine rings is 1. The van der Waals surface area contributed by atoms with Gasteiger partial charge in [-0.3, -0.25) is 9.78 Å². The molecule has 2 aromatic heterocycles. The highest BCUT2D eigenvalue weighted by atomic mass is 35.5. The highest BCUT2D eigenvalue weighted by Crippen LogP contribution is 2.37. The average Bonchev–Trinajstić information content (AvgIpc) is 2.95. The first-order valence-electron chi connectivity index (χ1n) is 14.3. The summed E-state index contributed by atoms with van der Waals surface area (Å²) in [7, 11) is -1.22. The summed E-state index contributed by atoms with van der Waals surface area (Å²) in [6, 6.07) is 11.2. The molecule has 0 amide bonds. The van der Waals surface area contributed by atoms with E-state index in [1.165, 1.54) is 6.21 Å². The minimum Gasteiger partial charge on any atom is -0.440 e. The van der Waals surface area contributed by atoms with Crippen LogP contribution in [0.1, 0.15) is 61.9 Å². The van der Waals surface area contributed by atoms with Crippen molar-refractivity contribution in [2.24, 2.45) is 10.6 Å². The lowest BCUT2D eigenvalue weighted by Gasteiger charge is -2.37. The van der Waals surface area contributed by atoms with Gasteiger partial charge in [0.25, 0.3) is 0 Å². The van der Waals surface area contributed by atoms with Gasteiger partial charge < -0.3 is 24.4 Å². The van der Waals surface area contributed by atoms with Crippen molar-refractivity contribution in [2.75, 3.05) is 23.3 Å². The van der Waals surface area contributed by atoms with E-state index in [9.17, 15) is 9.82 Å². The summed E-state index contributed by atoms with van der Waals surface area (Å²) < 4.78 is 11.6. The zero-order valence-electron chi connectivity index (χ0n) is 24.5. The van der Waals surface area contributed by atoms with Crippen molar-refractivity contribution in [3.05, 3.63) is 80.1 Å². The van der Waals surface area contributed by atoms with Crippen molar-refractivity contribution >= 4 is 52.9 Å². The number of nitrogens with zero attached hydrogens (tertiary/aromatic N) is 3. The Balaban J connectivity index is 1.39. The molecule has 216 valence electrons. The molecule has 0 radical (unpaired) electrons. The highest BCUT2D eigenvalue weighted by Gasteiger charge is 2.30. The van der Waals surface area contributed by atoms with Crippen LogP contribution in [0.25, 0.3) is 22.2 Å². The Labute approximate surface area is 250 Å². The third-order valence-corrected chi connectivity index (χ3v) is 8.76. The molecule has 0 bridgehead atoms. The van der Waals surface area contributed by atoms with Crippen LogP contribution in [-0.4, -0.2) is 36.4 Å². The van der Waals surface area contributed by atoms with Crippen LogP contribution < -0.4 is 21.1 Å². The molecule has 0 spiro atoms. The van der Waals surface area contributed by atoms with Crippen LogP contribution in [0, 0.1) is 19.3 Å². The standard InChI is InChI=1S/C32H34BClN4O4/c1-18-13-23(30-24(14-18)29(39)19(2)31(41-30)38-11-8-32(4,5)9-12-38)20(3)37-26-7-6-10-35-28(26)21-15-22-17-36-42-33(40)27(22)25(34)16-21/h6-7,10,13-17,20,37,40H,8-9,11-12H2,1-5H3/t20-/m1/s1. The lowest BCUT2D eigenvalue weighted by Crippen LogP contribution is -2.38. The molecule has 2 aliphatic rings. The number of piperidine rings is 1. The van der Waals surface area contributed by atoms with Gasteiger partial charge in [-0.25, -0.2) is 0 Å². The first-order chi connectivity index (χ1) is 20.0. The van der Waals surface area contributed by atoms with Crippen molar-refractivity contribution in [3.63, 3.8) is 0 Å². The second-order valence-corrected chi connectivity index (χ2v) is 12.6. The molecular formula is C32H34BClN4O4. The van der Waals surface area contributed by atoms with Crippen LogP contribution in [0.5, 0.6) is 0 Å². The van der Waals surface area contributed by atoms with Crippen molar-refractivity contribution in [1.29, 1.82) is 0 Å². The van der Waals surface area contributed by atoms with Crippen LogP contribution in [0.3, 0.4) is 0 Å². The van der Waals surface area contributed by atoms with E-state index in [4.69, 9.17) is 20.8 Å². The monoisotopic (exact) mass is 584 g/mol. The number of hydrogen-bond donors (Lipinski definition) is 2. The van der Waals surface area contributed by atoms with Crippen LogP contribution >= 0.6 is 11.6 Å². The quantitative estimate of drug-likeness (QED) is 0.279. The van der Waals surface area contributed by atoms with Crippen LogP contribution in [0.15, 0.2) is 57.0 Å². The maximum absolute atomic E-state index is 13.6. The summed E-state index contributed by atoms with van der Waals surface area (Å²) >= 11 is 6.55. The fraction of sp³-hybridized carbons (Fsp3) is 0.344. The number of aromatic nitrogens is 1. The van der Waals surface area contributed by atoms with Gasteiger partial charge in [-0.2, -0.15) is 0 Å². The SMILES string of the molecule is Cc1cc([C@@H](C)Nc2cccnc2-c2cc(Cl)c3c(c2)C=NOB3O)c2oc(N3CCC(C)(C)CC3)c(C)c(=O)c2c1. The first-order valence-corrected chi connectivity index (χ1v) is 14.7. The van der Waals surface area contributed by atoms with E-state index in [0.29, 0.717) is 44.2 Å². The predicted octanol–water partition coefficient (Wildman–Crippen LogP) is 5.98. The van der Waals surface area contributed by atoms with E-state index in [1.54, 1.807) is 12.3 Å². The number of hydrogen-bond acceptors (Lipinski definition) is 8. The summed E-state index contributed by atoms with van der Waals surface area (Å²) in [5.41, 5.74) is 6.79. The Bertz CT molecular complexity index is 1780. The molecule has 0 aliphatic carbocycles. The van der Waals surface area contributed by atoms with E-state index < -0.39 is 7.12 Å². The van der Waals surface area contributed by atoms with Gasteiger partial charge in [-0.15, -0.1) is 5.16 Å². The molecule has 8 nitrogen and oxygen atoms in total. The lowest BCUT2D eigenvalue weighted by molar-refractivity contribution is 0.274. The summed E-state index contributed by atoms with van der Waals surface area (Å²) in [6.45, 7) is 12.2. The fourth-order valence-corrected chi connectivity index (χ4v) is 6.22. The molecule has 2 N–H and O–H groups in total. The third kappa shape index (κ3) is 5.16. The van der Waals surface area contributed by atoms with Crippen molar-refractivity contribution < 1.29 is 14.2 Å². The Kier molecular flexibility index (Phi) is 7.27. The number of fused-ring (bicyclic) bond motifs is 2. The number of halogens is 1. The molecule has 2 aromatic carbocycles. The van der Waals surface area contributed by atoms with Crippen molar-refractivity contribution in [2.45, 2.75) is 53.5 Å². The average molecular weight is 585 g/mol. The lowest BCUT2D eigenvalue weighted by atomic mass is 9.75. The first kappa shape index (κ1) is 28.3. The highest BCUT2D eigenvalue weighted by molar-refractivity contribution is 6.65. The molecule has 42 heavy (non-hydrogen) atoms. The molecular weight excluding hydrogens is 551 g/mol. The molecule has 4 aromatic rings. The van der Waals surface area contributed by atoms with Gasteiger partial charge in [0.2, 0.25) is 5.88 Å². The van der Waals surface area contributed by atoms with Gasteiger partial charge in [-0.05, 0) is 80.5 Å². The van der Waals surface area contributed by atoms with Crippen molar-refractivity contribution in [1.82, 2.24) is 4.98 Å². The summed E-state index contributed by atoms with van der Waals surface area (Å²) in [5.74, 6) is 0.666. The largest absolute Gasteiger partial charge is 0.585 e. The van der Waals surface area contributed by atoms with E-state index in [2.05, 4.69) is 40.3 Å². The van der Waals surface area contributed by atoms with Gasteiger partial charge in [0.15, 0.2) is 5.43 Å². The van der Waals surface area contributed by atoms with Crippen LogP contribution in [0.4, 0.5) is 11.6 Å². The minimum absolute atomic E-state index is 0.00633. The smallest absolute Gasteiger partial charge is 0.440 e. The molecule has 0 unspecified atom stereocenters. The van der Waals surface area contributed by atoms with Gasteiger partial charge in [0, 0.05) is 40.9 Å². The Hall–Kier alpha value is -3.82. The van der Waals surface area contributed by atoms with E-state index in [-0.39, 0.29) is 16.9 Å². The van der Waals surface area contributed by atoms with Gasteiger partial charge in [0.05, 0.1) is 34.6 Å². The number of nitrogens with one attached hydrogen (secondary N) is 1. The number of anilines is 2. The predicted molar refractivity (Wildman–Crippen MR) is 170 cm³/mol. The topological polar surface area (TPSA) is 100 Å². The van der Waals surface area contributed by atoms with Crippen molar-refractivity contribution in [3.8, 4) is 11.3 Å². The second-order valence-electron chi connectivity index (χ2n) is 12.2. The Morgan fingerprint density at radius 3 is 2.69 bits per heavy atom.